The largest absolute Gasteiger partial charge is 0.505 e. The van der Waals surface area contributed by atoms with E-state index < -0.39 is 15.9 Å². The number of aromatic hydroxyl groups is 1. The molecule has 0 bridgehead atoms. The molecule has 10 heteroatoms. The maximum atomic E-state index is 12.7. The van der Waals surface area contributed by atoms with Crippen LogP contribution in [0.5, 0.6) is 17.2 Å². The predicted octanol–water partition coefficient (Wildman–Crippen LogP) is 3.00. The Kier molecular flexibility index (Phi) is 5.63. The fourth-order valence-corrected chi connectivity index (χ4v) is 3.98. The van der Waals surface area contributed by atoms with E-state index in [0.717, 1.165) is 6.42 Å². The Morgan fingerprint density at radius 1 is 0.968 bits per heavy atom. The van der Waals surface area contributed by atoms with E-state index in [9.17, 15) is 18.3 Å². The number of benzene rings is 2. The Hall–Kier alpha value is -3.79. The van der Waals surface area contributed by atoms with Crippen molar-refractivity contribution in [3.05, 3.63) is 66.5 Å². The number of hydrogen-bond donors (Lipinski definition) is 3. The highest BCUT2D eigenvalue weighted by molar-refractivity contribution is 7.92. The summed E-state index contributed by atoms with van der Waals surface area (Å²) in [4.78, 5) is 16.1. The van der Waals surface area contributed by atoms with Crippen LogP contribution in [0.15, 0.2) is 65.7 Å². The van der Waals surface area contributed by atoms with E-state index in [0.29, 0.717) is 36.1 Å². The van der Waals surface area contributed by atoms with E-state index in [1.54, 1.807) is 6.07 Å². The fourth-order valence-electron chi connectivity index (χ4n) is 2.91. The molecule has 9 nitrogen and oxygen atoms in total. The lowest BCUT2D eigenvalue weighted by Gasteiger charge is -2.12. The minimum atomic E-state index is -3.86. The van der Waals surface area contributed by atoms with Crippen LogP contribution in [0.25, 0.3) is 0 Å². The van der Waals surface area contributed by atoms with Crippen LogP contribution in [0.2, 0.25) is 0 Å². The third kappa shape index (κ3) is 4.69. The summed E-state index contributed by atoms with van der Waals surface area (Å²) in [6.45, 7) is 0.966. The summed E-state index contributed by atoms with van der Waals surface area (Å²) in [5.74, 6) is 0.0739. The molecule has 0 saturated heterocycles. The van der Waals surface area contributed by atoms with Crippen molar-refractivity contribution in [1.82, 2.24) is 4.98 Å². The lowest BCUT2D eigenvalue weighted by molar-refractivity contribution is 0.101. The molecule has 0 fully saturated rings. The number of carbonyl (C=O) groups excluding carboxylic acids is 1. The molecule has 0 unspecified atom stereocenters. The van der Waals surface area contributed by atoms with E-state index in [2.05, 4.69) is 15.0 Å². The molecule has 1 aliphatic heterocycles. The maximum Gasteiger partial charge on any atom is 0.278 e. The number of nitrogens with zero attached hydrogens (tertiary/aromatic N) is 1. The molecular formula is C21H19N3O6S. The van der Waals surface area contributed by atoms with Crippen LogP contribution in [0.1, 0.15) is 16.9 Å². The maximum absolute atomic E-state index is 12.7. The summed E-state index contributed by atoms with van der Waals surface area (Å²) in [5, 5.41) is 12.3. The zero-order chi connectivity index (χ0) is 21.8. The third-order valence-electron chi connectivity index (χ3n) is 4.43. The number of amides is 1. The van der Waals surface area contributed by atoms with Crippen molar-refractivity contribution in [1.29, 1.82) is 0 Å². The van der Waals surface area contributed by atoms with E-state index in [-0.39, 0.29) is 16.3 Å². The number of rotatable bonds is 5. The van der Waals surface area contributed by atoms with Gasteiger partial charge in [0.05, 0.1) is 18.1 Å². The van der Waals surface area contributed by atoms with Crippen molar-refractivity contribution in [2.75, 3.05) is 23.3 Å². The Labute approximate surface area is 178 Å². The lowest BCUT2D eigenvalue weighted by atomic mass is 10.2. The van der Waals surface area contributed by atoms with Gasteiger partial charge >= 0.3 is 0 Å². The van der Waals surface area contributed by atoms with Crippen LogP contribution in [-0.2, 0) is 10.0 Å². The molecule has 0 atom stereocenters. The smallest absolute Gasteiger partial charge is 0.278 e. The minimum Gasteiger partial charge on any atom is -0.505 e. The van der Waals surface area contributed by atoms with Gasteiger partial charge in [0.2, 0.25) is 0 Å². The van der Waals surface area contributed by atoms with Gasteiger partial charge < -0.3 is 19.9 Å². The molecule has 4 rings (SSSR count). The highest BCUT2D eigenvalue weighted by Crippen LogP contribution is 2.32. The first-order chi connectivity index (χ1) is 14.9. The second kappa shape index (κ2) is 8.52. The van der Waals surface area contributed by atoms with Gasteiger partial charge in [0.25, 0.3) is 15.9 Å². The fraction of sp³-hybridized carbons (Fsp3) is 0.143. The first kappa shape index (κ1) is 20.5. The van der Waals surface area contributed by atoms with Crippen LogP contribution in [-0.4, -0.2) is 37.6 Å². The van der Waals surface area contributed by atoms with Crippen molar-refractivity contribution in [2.24, 2.45) is 0 Å². The number of anilines is 2. The average molecular weight is 441 g/mol. The van der Waals surface area contributed by atoms with E-state index in [1.807, 2.05) is 0 Å². The molecule has 0 saturated carbocycles. The van der Waals surface area contributed by atoms with Gasteiger partial charge in [-0.25, -0.2) is 13.4 Å². The molecule has 1 aliphatic rings. The summed E-state index contributed by atoms with van der Waals surface area (Å²) in [5.41, 5.74) is 0.612. The van der Waals surface area contributed by atoms with Gasteiger partial charge in [-0.15, -0.1) is 0 Å². The second-order valence-corrected chi connectivity index (χ2v) is 8.35. The van der Waals surface area contributed by atoms with E-state index in [4.69, 9.17) is 9.47 Å². The number of nitrogens with one attached hydrogen (secondary N) is 2. The molecule has 0 aliphatic carbocycles. The molecule has 31 heavy (non-hydrogen) atoms. The molecule has 0 radical (unpaired) electrons. The van der Waals surface area contributed by atoms with Crippen molar-refractivity contribution in [3.8, 4) is 17.2 Å². The number of sulfonamides is 1. The predicted molar refractivity (Wildman–Crippen MR) is 113 cm³/mol. The number of carbonyl (C=O) groups is 1. The van der Waals surface area contributed by atoms with Gasteiger partial charge in [0, 0.05) is 30.1 Å². The molecule has 3 N–H and O–H groups in total. The quantitative estimate of drug-likeness (QED) is 0.555. The SMILES string of the molecule is O=C(Nc1ccc(NS(=O)(=O)c2ccc3c(c2)OCCCO3)cc1)c1ncccc1O. The number of fused-ring (bicyclic) bond motifs is 1. The van der Waals surface area contributed by atoms with Crippen molar-refractivity contribution >= 4 is 27.3 Å². The lowest BCUT2D eigenvalue weighted by Crippen LogP contribution is -2.14. The molecule has 1 aromatic heterocycles. The van der Waals surface area contributed by atoms with Gasteiger partial charge in [-0.2, -0.15) is 0 Å². The van der Waals surface area contributed by atoms with E-state index in [1.165, 1.54) is 54.7 Å². The van der Waals surface area contributed by atoms with Gasteiger partial charge in [-0.05, 0) is 48.5 Å². The Balaban J connectivity index is 1.46. The average Bonchev–Trinajstić information content (AvgIpc) is 3.00. The van der Waals surface area contributed by atoms with Gasteiger partial charge in [-0.1, -0.05) is 0 Å². The first-order valence-corrected chi connectivity index (χ1v) is 10.9. The van der Waals surface area contributed by atoms with Gasteiger partial charge in [0.1, 0.15) is 5.75 Å². The van der Waals surface area contributed by atoms with Crippen molar-refractivity contribution in [3.63, 3.8) is 0 Å². The molecule has 3 aromatic rings. The Morgan fingerprint density at radius 2 is 1.68 bits per heavy atom. The number of ether oxygens (including phenoxy) is 2. The zero-order valence-corrected chi connectivity index (χ0v) is 17.1. The summed E-state index contributed by atoms with van der Waals surface area (Å²) < 4.78 is 39.1. The van der Waals surface area contributed by atoms with E-state index >= 15 is 0 Å². The van der Waals surface area contributed by atoms with Crippen molar-refractivity contribution in [2.45, 2.75) is 11.3 Å². The van der Waals surface area contributed by atoms with Crippen LogP contribution in [0.4, 0.5) is 11.4 Å². The molecule has 2 aromatic carbocycles. The zero-order valence-electron chi connectivity index (χ0n) is 16.2. The van der Waals surface area contributed by atoms with Crippen molar-refractivity contribution < 1.29 is 27.8 Å². The van der Waals surface area contributed by atoms with Crippen LogP contribution in [0.3, 0.4) is 0 Å². The van der Waals surface area contributed by atoms with Crippen LogP contribution < -0.4 is 19.5 Å². The Morgan fingerprint density at radius 3 is 2.42 bits per heavy atom. The molecule has 0 spiro atoms. The summed E-state index contributed by atoms with van der Waals surface area (Å²) in [6, 6.07) is 13.4. The number of pyridine rings is 1. The topological polar surface area (TPSA) is 127 Å². The molecule has 1 amide bonds. The number of hydrogen-bond acceptors (Lipinski definition) is 7. The molecule has 160 valence electrons. The summed E-state index contributed by atoms with van der Waals surface area (Å²) in [6.07, 6.45) is 2.12. The molecular weight excluding hydrogens is 422 g/mol. The minimum absolute atomic E-state index is 0.0414. The normalized spacial score (nSPS) is 13.2. The summed E-state index contributed by atoms with van der Waals surface area (Å²) in [7, 11) is -3.86. The third-order valence-corrected chi connectivity index (χ3v) is 5.80. The Bertz CT molecular complexity index is 1210. The van der Waals surface area contributed by atoms with Gasteiger partial charge in [-0.3, -0.25) is 9.52 Å². The van der Waals surface area contributed by atoms with Crippen LogP contribution in [0, 0.1) is 0 Å². The highest BCUT2D eigenvalue weighted by Gasteiger charge is 2.19. The highest BCUT2D eigenvalue weighted by atomic mass is 32.2. The standard InChI is InChI=1S/C21H19N3O6S/c25-17-3-1-10-22-20(17)21(26)23-14-4-6-15(7-5-14)24-31(27,28)16-8-9-18-19(13-16)30-12-2-11-29-18/h1,3-10,13,24-25H,2,11-12H2,(H,23,26). The van der Waals surface area contributed by atoms with Crippen LogP contribution >= 0.6 is 0 Å². The molecule has 2 heterocycles. The second-order valence-electron chi connectivity index (χ2n) is 6.67. The number of aromatic nitrogens is 1. The van der Waals surface area contributed by atoms with Gasteiger partial charge in [0.15, 0.2) is 17.2 Å². The first-order valence-electron chi connectivity index (χ1n) is 9.40. The monoisotopic (exact) mass is 441 g/mol. The summed E-state index contributed by atoms with van der Waals surface area (Å²) >= 11 is 0.